The first-order valence-electron chi connectivity index (χ1n) is 8.78. The summed E-state index contributed by atoms with van der Waals surface area (Å²) in [6.07, 6.45) is 0. The molecule has 3 aromatic rings. The summed E-state index contributed by atoms with van der Waals surface area (Å²) in [5, 5.41) is 0. The summed E-state index contributed by atoms with van der Waals surface area (Å²) >= 11 is 0. The first kappa shape index (κ1) is 16.0. The van der Waals surface area contributed by atoms with E-state index < -0.39 is 0 Å². The predicted octanol–water partition coefficient (Wildman–Crippen LogP) is 6.48. The van der Waals surface area contributed by atoms with Crippen LogP contribution in [-0.4, -0.2) is 5.60 Å². The molecule has 0 bridgehead atoms. The Hall–Kier alpha value is -2.54. The van der Waals surface area contributed by atoms with E-state index >= 15 is 0 Å². The largest absolute Gasteiger partial charge is 0.488 e. The second-order valence-corrected chi connectivity index (χ2v) is 7.68. The molecule has 4 rings (SSSR count). The standard InChI is InChI=1S/C24H23O/c1-16-20-7-5-6-8-22(20)23-15-18(11-14-21(16)23)17-9-12-19(13-10-17)25-24(2,3)4/h5-16H,1H2,2-4H3/t16-/m0/s1. The zero-order valence-corrected chi connectivity index (χ0v) is 15.0. The highest BCUT2D eigenvalue weighted by molar-refractivity contribution is 5.83. The first-order valence-corrected chi connectivity index (χ1v) is 8.78. The van der Waals surface area contributed by atoms with Gasteiger partial charge in [0, 0.05) is 5.92 Å². The fourth-order valence-corrected chi connectivity index (χ4v) is 3.56. The van der Waals surface area contributed by atoms with Gasteiger partial charge in [0.05, 0.1) is 0 Å². The molecule has 0 saturated heterocycles. The lowest BCUT2D eigenvalue weighted by atomic mass is 9.96. The lowest BCUT2D eigenvalue weighted by molar-refractivity contribution is 0.131. The van der Waals surface area contributed by atoms with Gasteiger partial charge in [0.25, 0.3) is 0 Å². The highest BCUT2D eigenvalue weighted by atomic mass is 16.5. The molecule has 3 aromatic carbocycles. The molecule has 0 N–H and O–H groups in total. The Kier molecular flexibility index (Phi) is 3.68. The molecule has 1 aliphatic carbocycles. The van der Waals surface area contributed by atoms with Crippen LogP contribution in [-0.2, 0) is 0 Å². The Balaban J connectivity index is 1.70. The Labute approximate surface area is 150 Å². The number of fused-ring (bicyclic) bond motifs is 3. The van der Waals surface area contributed by atoms with Crippen molar-refractivity contribution in [3.63, 3.8) is 0 Å². The average Bonchev–Trinajstić information content (AvgIpc) is 2.87. The van der Waals surface area contributed by atoms with Gasteiger partial charge < -0.3 is 4.74 Å². The van der Waals surface area contributed by atoms with Crippen molar-refractivity contribution in [3.05, 3.63) is 84.8 Å². The molecule has 0 amide bonds. The predicted molar refractivity (Wildman–Crippen MR) is 105 cm³/mol. The molecule has 1 nitrogen and oxygen atoms in total. The third kappa shape index (κ3) is 2.95. The van der Waals surface area contributed by atoms with Crippen LogP contribution in [0.15, 0.2) is 66.7 Å². The highest BCUT2D eigenvalue weighted by Crippen LogP contribution is 2.45. The van der Waals surface area contributed by atoms with Crippen LogP contribution < -0.4 is 4.74 Å². The summed E-state index contributed by atoms with van der Waals surface area (Å²) in [6.45, 7) is 10.5. The SMILES string of the molecule is [CH2][C@H]1c2ccccc2-c2cc(-c3ccc(OC(C)(C)C)cc3)ccc21. The number of hydrogen-bond acceptors (Lipinski definition) is 1. The molecule has 1 atom stereocenters. The van der Waals surface area contributed by atoms with E-state index in [0.717, 1.165) is 5.75 Å². The zero-order chi connectivity index (χ0) is 17.6. The monoisotopic (exact) mass is 327 g/mol. The van der Waals surface area contributed by atoms with E-state index in [1.165, 1.54) is 33.4 Å². The van der Waals surface area contributed by atoms with Crippen molar-refractivity contribution in [2.75, 3.05) is 0 Å². The third-order valence-corrected chi connectivity index (χ3v) is 4.67. The Morgan fingerprint density at radius 3 is 2.12 bits per heavy atom. The molecule has 1 radical (unpaired) electrons. The van der Waals surface area contributed by atoms with Crippen molar-refractivity contribution >= 4 is 0 Å². The van der Waals surface area contributed by atoms with Crippen LogP contribution in [0.1, 0.15) is 37.8 Å². The summed E-state index contributed by atoms with van der Waals surface area (Å²) in [4.78, 5) is 0. The van der Waals surface area contributed by atoms with Gasteiger partial charge >= 0.3 is 0 Å². The number of ether oxygens (including phenoxy) is 1. The molecular weight excluding hydrogens is 304 g/mol. The Bertz CT molecular complexity index is 914. The van der Waals surface area contributed by atoms with E-state index in [-0.39, 0.29) is 11.5 Å². The second kappa shape index (κ2) is 5.77. The minimum absolute atomic E-state index is 0.179. The van der Waals surface area contributed by atoms with Crippen LogP contribution in [0.5, 0.6) is 5.75 Å². The van der Waals surface area contributed by atoms with E-state index in [1.807, 2.05) is 12.1 Å². The Morgan fingerprint density at radius 1 is 0.760 bits per heavy atom. The van der Waals surface area contributed by atoms with Crippen LogP contribution in [0.2, 0.25) is 0 Å². The number of hydrogen-bond donors (Lipinski definition) is 0. The molecule has 25 heavy (non-hydrogen) atoms. The van der Waals surface area contributed by atoms with Crippen LogP contribution in [0.3, 0.4) is 0 Å². The number of benzene rings is 3. The summed E-state index contributed by atoms with van der Waals surface area (Å²) in [5.41, 5.74) is 7.51. The molecular formula is C24H23O. The third-order valence-electron chi connectivity index (χ3n) is 4.67. The molecule has 1 heteroatoms. The van der Waals surface area contributed by atoms with Gasteiger partial charge in [-0.15, -0.1) is 0 Å². The molecule has 0 spiro atoms. The van der Waals surface area contributed by atoms with Gasteiger partial charge in [-0.25, -0.2) is 0 Å². The summed E-state index contributed by atoms with van der Waals surface area (Å²) in [5.74, 6) is 1.13. The van der Waals surface area contributed by atoms with E-state index in [2.05, 4.69) is 82.3 Å². The molecule has 0 heterocycles. The van der Waals surface area contributed by atoms with Crippen molar-refractivity contribution in [3.8, 4) is 28.0 Å². The van der Waals surface area contributed by atoms with E-state index in [0.29, 0.717) is 0 Å². The maximum Gasteiger partial charge on any atom is 0.120 e. The van der Waals surface area contributed by atoms with Gasteiger partial charge in [-0.1, -0.05) is 48.5 Å². The maximum atomic E-state index is 5.92. The first-order chi connectivity index (χ1) is 11.9. The summed E-state index contributed by atoms with van der Waals surface area (Å²) in [7, 11) is 0. The van der Waals surface area contributed by atoms with Crippen LogP contribution in [0.4, 0.5) is 0 Å². The maximum absolute atomic E-state index is 5.92. The lowest BCUT2D eigenvalue weighted by Gasteiger charge is -2.21. The van der Waals surface area contributed by atoms with Crippen LogP contribution in [0, 0.1) is 6.92 Å². The van der Waals surface area contributed by atoms with Crippen LogP contribution in [0.25, 0.3) is 22.3 Å². The van der Waals surface area contributed by atoms with Gasteiger partial charge in [0.2, 0.25) is 0 Å². The van der Waals surface area contributed by atoms with Crippen molar-refractivity contribution in [2.24, 2.45) is 0 Å². The lowest BCUT2D eigenvalue weighted by Crippen LogP contribution is -2.22. The topological polar surface area (TPSA) is 9.23 Å². The molecule has 0 fully saturated rings. The molecule has 0 aliphatic heterocycles. The second-order valence-electron chi connectivity index (χ2n) is 7.68. The normalized spacial score (nSPS) is 15.6. The highest BCUT2D eigenvalue weighted by Gasteiger charge is 2.25. The summed E-state index contributed by atoms with van der Waals surface area (Å²) < 4.78 is 5.92. The number of rotatable bonds is 2. The molecule has 0 unspecified atom stereocenters. The van der Waals surface area contributed by atoms with E-state index in [4.69, 9.17) is 4.74 Å². The van der Waals surface area contributed by atoms with Gasteiger partial charge in [-0.2, -0.15) is 0 Å². The minimum atomic E-state index is -0.179. The summed E-state index contributed by atoms with van der Waals surface area (Å²) in [6, 6.07) is 23.6. The molecule has 1 aliphatic rings. The van der Waals surface area contributed by atoms with Gasteiger partial charge in [0.15, 0.2) is 0 Å². The molecule has 0 saturated carbocycles. The van der Waals surface area contributed by atoms with Gasteiger partial charge in [0.1, 0.15) is 11.4 Å². The van der Waals surface area contributed by atoms with Crippen molar-refractivity contribution < 1.29 is 4.74 Å². The Morgan fingerprint density at radius 2 is 1.40 bits per heavy atom. The minimum Gasteiger partial charge on any atom is -0.488 e. The van der Waals surface area contributed by atoms with E-state index in [9.17, 15) is 0 Å². The smallest absolute Gasteiger partial charge is 0.120 e. The average molecular weight is 327 g/mol. The van der Waals surface area contributed by atoms with Crippen molar-refractivity contribution in [1.82, 2.24) is 0 Å². The van der Waals surface area contributed by atoms with Gasteiger partial charge in [-0.05, 0) is 79.3 Å². The zero-order valence-electron chi connectivity index (χ0n) is 15.0. The quantitative estimate of drug-likeness (QED) is 0.523. The van der Waals surface area contributed by atoms with Gasteiger partial charge in [-0.3, -0.25) is 0 Å². The molecule has 125 valence electrons. The van der Waals surface area contributed by atoms with Crippen LogP contribution >= 0.6 is 0 Å². The van der Waals surface area contributed by atoms with E-state index in [1.54, 1.807) is 0 Å². The van der Waals surface area contributed by atoms with Crippen molar-refractivity contribution in [2.45, 2.75) is 32.3 Å². The van der Waals surface area contributed by atoms with Crippen molar-refractivity contribution in [1.29, 1.82) is 0 Å². The fraction of sp³-hybridized carbons (Fsp3) is 0.208. The fourth-order valence-electron chi connectivity index (χ4n) is 3.56. The molecule has 0 aromatic heterocycles.